The Kier molecular flexibility index (Phi) is 3.79. The summed E-state index contributed by atoms with van der Waals surface area (Å²) in [6, 6.07) is 12.2. The predicted molar refractivity (Wildman–Crippen MR) is 105 cm³/mol. The highest BCUT2D eigenvalue weighted by Crippen LogP contribution is 2.50. The van der Waals surface area contributed by atoms with Gasteiger partial charge in [-0.05, 0) is 43.3 Å². The van der Waals surface area contributed by atoms with Crippen LogP contribution in [0.5, 0.6) is 0 Å². The smallest absolute Gasteiger partial charge is 0.337 e. The van der Waals surface area contributed by atoms with Crippen molar-refractivity contribution in [3.8, 4) is 0 Å². The van der Waals surface area contributed by atoms with Crippen molar-refractivity contribution in [2.75, 3.05) is 11.5 Å². The van der Waals surface area contributed by atoms with Gasteiger partial charge in [0.2, 0.25) is 0 Å². The zero-order valence-corrected chi connectivity index (χ0v) is 15.8. The summed E-state index contributed by atoms with van der Waals surface area (Å²) in [4.78, 5) is 28.8. The fourth-order valence-corrected chi connectivity index (χ4v) is 5.18. The number of anilines is 1. The van der Waals surface area contributed by atoms with Crippen molar-refractivity contribution in [3.05, 3.63) is 74.8 Å². The molecule has 0 bridgehead atoms. The van der Waals surface area contributed by atoms with E-state index in [1.54, 1.807) is 11.3 Å². The summed E-state index contributed by atoms with van der Waals surface area (Å²) in [5.74, 6) is -0.442. The van der Waals surface area contributed by atoms with Crippen LogP contribution < -0.4 is 4.90 Å². The Morgan fingerprint density at radius 2 is 1.85 bits per heavy atom. The monoisotopic (exact) mass is 377 g/mol. The first-order chi connectivity index (χ1) is 13.1. The number of hydrogen-bond acceptors (Lipinski definition) is 5. The summed E-state index contributed by atoms with van der Waals surface area (Å²) in [6.45, 7) is 2.31. The molecule has 0 spiro atoms. The van der Waals surface area contributed by atoms with Crippen LogP contribution in [0.25, 0.3) is 0 Å². The second kappa shape index (κ2) is 6.20. The van der Waals surface area contributed by atoms with Crippen molar-refractivity contribution in [1.29, 1.82) is 0 Å². The topological polar surface area (TPSA) is 46.6 Å². The van der Waals surface area contributed by atoms with Gasteiger partial charge in [0.25, 0.3) is 0 Å². The molecule has 1 aromatic heterocycles. The molecule has 4 nitrogen and oxygen atoms in total. The van der Waals surface area contributed by atoms with E-state index in [1.165, 1.54) is 5.56 Å². The lowest BCUT2D eigenvalue weighted by molar-refractivity contribution is -0.136. The number of ether oxygens (including phenoxy) is 1. The van der Waals surface area contributed by atoms with Gasteiger partial charge in [-0.2, -0.15) is 0 Å². The zero-order chi connectivity index (χ0) is 18.5. The molecule has 1 unspecified atom stereocenters. The maximum absolute atomic E-state index is 13.0. The van der Waals surface area contributed by atoms with Crippen LogP contribution >= 0.6 is 11.3 Å². The average Bonchev–Trinajstić information content (AvgIpc) is 3.32. The number of carbonyl (C=O) groups is 2. The summed E-state index contributed by atoms with van der Waals surface area (Å²) in [6.07, 6.45) is 2.22. The fourth-order valence-electron chi connectivity index (χ4n) is 4.34. The molecule has 2 aliphatic heterocycles. The maximum Gasteiger partial charge on any atom is 0.337 e. The molecule has 0 N–H and O–H groups in total. The van der Waals surface area contributed by atoms with Crippen molar-refractivity contribution in [3.63, 3.8) is 0 Å². The summed E-state index contributed by atoms with van der Waals surface area (Å²) < 4.78 is 5.46. The molecular weight excluding hydrogens is 358 g/mol. The van der Waals surface area contributed by atoms with Gasteiger partial charge in [0.1, 0.15) is 6.61 Å². The number of Topliss-reactive ketones (excluding diaryl/α,β-unsaturated/α-hetero) is 1. The van der Waals surface area contributed by atoms with Crippen LogP contribution in [0.4, 0.5) is 5.69 Å². The van der Waals surface area contributed by atoms with Gasteiger partial charge in [0, 0.05) is 28.3 Å². The summed E-state index contributed by atoms with van der Waals surface area (Å²) in [5, 5.41) is 2.00. The highest BCUT2D eigenvalue weighted by atomic mass is 32.1. The molecule has 0 radical (unpaired) electrons. The first-order valence-electron chi connectivity index (χ1n) is 9.22. The summed E-state index contributed by atoms with van der Waals surface area (Å²) in [5.41, 5.74) is 5.49. The minimum atomic E-state index is -0.301. The SMILES string of the molecule is Cc1ccc(N2C3=C(C(=O)CCC3)C(c3cccs3)C3=C2COC3=O)cc1. The maximum atomic E-state index is 13.0. The Bertz CT molecular complexity index is 999. The Morgan fingerprint density at radius 1 is 1.04 bits per heavy atom. The van der Waals surface area contributed by atoms with Crippen molar-refractivity contribution in [2.24, 2.45) is 0 Å². The van der Waals surface area contributed by atoms with Crippen LogP contribution in [0.15, 0.2) is 64.3 Å². The van der Waals surface area contributed by atoms with E-state index in [-0.39, 0.29) is 24.3 Å². The Hall–Kier alpha value is -2.66. The van der Waals surface area contributed by atoms with E-state index in [2.05, 4.69) is 36.1 Å². The summed E-state index contributed by atoms with van der Waals surface area (Å²) >= 11 is 1.59. The molecule has 1 atom stereocenters. The van der Waals surface area contributed by atoms with Gasteiger partial charge in [-0.25, -0.2) is 4.79 Å². The normalized spacial score (nSPS) is 22.1. The predicted octanol–water partition coefficient (Wildman–Crippen LogP) is 4.48. The number of benzene rings is 1. The number of cyclic esters (lactones) is 1. The first kappa shape index (κ1) is 16.5. The quantitative estimate of drug-likeness (QED) is 0.724. The standard InChI is InChI=1S/C22H19NO3S/c1-13-7-9-14(10-8-13)23-15-4-2-5-17(24)19(15)21(18-6-3-11-27-18)20-16(23)12-26-22(20)25/h3,6-11,21H,2,4-5,12H2,1H3. The van der Waals surface area contributed by atoms with E-state index < -0.39 is 0 Å². The van der Waals surface area contributed by atoms with E-state index in [1.807, 2.05) is 17.5 Å². The Labute approximate surface area is 161 Å². The van der Waals surface area contributed by atoms with Crippen LogP contribution in [0.2, 0.25) is 0 Å². The Balaban J connectivity index is 1.77. The highest BCUT2D eigenvalue weighted by Gasteiger charge is 2.46. The number of rotatable bonds is 2. The fraction of sp³-hybridized carbons (Fsp3) is 0.273. The third-order valence-electron chi connectivity index (χ3n) is 5.54. The lowest BCUT2D eigenvalue weighted by atomic mass is 9.77. The van der Waals surface area contributed by atoms with Crippen molar-refractivity contribution in [2.45, 2.75) is 32.1 Å². The van der Waals surface area contributed by atoms with Gasteiger partial charge in [0.05, 0.1) is 17.2 Å². The molecule has 5 heteroatoms. The molecule has 2 aromatic rings. The van der Waals surface area contributed by atoms with E-state index in [4.69, 9.17) is 4.74 Å². The molecular formula is C22H19NO3S. The number of nitrogens with zero attached hydrogens (tertiary/aromatic N) is 1. The van der Waals surface area contributed by atoms with Crippen LogP contribution in [0.1, 0.15) is 35.6 Å². The number of hydrogen-bond donors (Lipinski definition) is 0. The molecule has 5 rings (SSSR count). The van der Waals surface area contributed by atoms with Crippen molar-refractivity contribution >= 4 is 28.8 Å². The molecule has 3 aliphatic rings. The van der Waals surface area contributed by atoms with E-state index in [0.29, 0.717) is 12.0 Å². The lowest BCUT2D eigenvalue weighted by Crippen LogP contribution is -2.35. The van der Waals surface area contributed by atoms with Crippen LogP contribution in [0, 0.1) is 6.92 Å². The third kappa shape index (κ3) is 2.49. The van der Waals surface area contributed by atoms with Gasteiger partial charge in [-0.15, -0.1) is 11.3 Å². The minimum Gasteiger partial charge on any atom is -0.456 e. The minimum absolute atomic E-state index is 0.151. The van der Waals surface area contributed by atoms with Crippen molar-refractivity contribution in [1.82, 2.24) is 0 Å². The number of thiophene rings is 1. The van der Waals surface area contributed by atoms with Gasteiger partial charge in [-0.3, -0.25) is 4.79 Å². The number of carbonyl (C=O) groups excluding carboxylic acids is 2. The number of aryl methyl sites for hydroxylation is 1. The summed E-state index contributed by atoms with van der Waals surface area (Å²) in [7, 11) is 0. The van der Waals surface area contributed by atoms with E-state index in [0.717, 1.165) is 40.4 Å². The molecule has 136 valence electrons. The molecule has 3 heterocycles. The molecule has 0 saturated carbocycles. The average molecular weight is 377 g/mol. The van der Waals surface area contributed by atoms with Gasteiger partial charge in [-0.1, -0.05) is 23.8 Å². The molecule has 0 fully saturated rings. The number of ketones is 1. The largest absolute Gasteiger partial charge is 0.456 e. The van der Waals surface area contributed by atoms with Crippen LogP contribution in [0.3, 0.4) is 0 Å². The van der Waals surface area contributed by atoms with E-state index >= 15 is 0 Å². The number of allylic oxidation sites excluding steroid dienone is 2. The van der Waals surface area contributed by atoms with Crippen LogP contribution in [-0.4, -0.2) is 18.4 Å². The number of esters is 1. The molecule has 1 aromatic carbocycles. The Morgan fingerprint density at radius 3 is 2.59 bits per heavy atom. The first-order valence-corrected chi connectivity index (χ1v) is 10.1. The molecule has 1 aliphatic carbocycles. The lowest BCUT2D eigenvalue weighted by Gasteiger charge is -2.39. The molecule has 0 saturated heterocycles. The van der Waals surface area contributed by atoms with Gasteiger partial charge in [0.15, 0.2) is 5.78 Å². The van der Waals surface area contributed by atoms with Crippen molar-refractivity contribution < 1.29 is 14.3 Å². The zero-order valence-electron chi connectivity index (χ0n) is 15.0. The van der Waals surface area contributed by atoms with Gasteiger partial charge >= 0.3 is 5.97 Å². The molecule has 27 heavy (non-hydrogen) atoms. The van der Waals surface area contributed by atoms with Crippen LogP contribution in [-0.2, 0) is 14.3 Å². The highest BCUT2D eigenvalue weighted by molar-refractivity contribution is 7.10. The molecule has 0 amide bonds. The van der Waals surface area contributed by atoms with E-state index in [9.17, 15) is 9.59 Å². The third-order valence-corrected chi connectivity index (χ3v) is 6.47. The van der Waals surface area contributed by atoms with Gasteiger partial charge < -0.3 is 9.64 Å². The second-order valence-electron chi connectivity index (χ2n) is 7.19. The second-order valence-corrected chi connectivity index (χ2v) is 8.17.